The average molecular weight is 419 g/mol. The van der Waals surface area contributed by atoms with Crippen LogP contribution in [0, 0.1) is 10.8 Å². The van der Waals surface area contributed by atoms with Crippen molar-refractivity contribution in [3.8, 4) is 0 Å². The number of carbonyl (C=O) groups is 2. The molecule has 0 unspecified atom stereocenters. The van der Waals surface area contributed by atoms with Crippen LogP contribution >= 0.6 is 0 Å². The second-order valence-electron chi connectivity index (χ2n) is 8.61. The number of hydrogen-bond acceptors (Lipinski definition) is 4. The van der Waals surface area contributed by atoms with Gasteiger partial charge in [0.05, 0.1) is 13.2 Å². The minimum Gasteiger partial charge on any atom is -0.463 e. The lowest BCUT2D eigenvalue weighted by Gasteiger charge is -2.14. The van der Waals surface area contributed by atoms with Gasteiger partial charge in [-0.3, -0.25) is 0 Å². The van der Waals surface area contributed by atoms with Gasteiger partial charge in [0.1, 0.15) is 0 Å². The molecule has 0 aromatic heterocycles. The van der Waals surface area contributed by atoms with Crippen LogP contribution in [0.25, 0.3) is 0 Å². The van der Waals surface area contributed by atoms with Gasteiger partial charge < -0.3 is 9.47 Å². The molecule has 0 heterocycles. The molecule has 0 aliphatic carbocycles. The molecule has 4 heteroatoms. The van der Waals surface area contributed by atoms with Crippen molar-refractivity contribution >= 4 is 11.9 Å². The van der Waals surface area contributed by atoms with Crippen LogP contribution in [0.5, 0.6) is 0 Å². The number of allylic oxidation sites excluding steroid dienone is 6. The van der Waals surface area contributed by atoms with Gasteiger partial charge in [-0.15, -0.1) is 0 Å². The molecule has 0 saturated heterocycles. The van der Waals surface area contributed by atoms with E-state index in [1.54, 1.807) is 13.8 Å². The van der Waals surface area contributed by atoms with Crippen molar-refractivity contribution < 1.29 is 19.1 Å². The third kappa shape index (κ3) is 16.8. The molecule has 0 spiro atoms. The SMILES string of the molecule is CCOC(=O)/C=C/C(C)(C)/C=C/CCCCCC/C=C/C(C)(C)/C=C/C(=O)OCC. The van der Waals surface area contributed by atoms with E-state index in [0.717, 1.165) is 12.8 Å². The summed E-state index contributed by atoms with van der Waals surface area (Å²) in [6.45, 7) is 12.7. The molecular formula is C26H42O4. The Balaban J connectivity index is 3.99. The van der Waals surface area contributed by atoms with Crippen molar-refractivity contribution in [1.29, 1.82) is 0 Å². The van der Waals surface area contributed by atoms with Gasteiger partial charge in [-0.1, -0.05) is 77.0 Å². The summed E-state index contributed by atoms with van der Waals surface area (Å²) in [7, 11) is 0. The third-order valence-corrected chi connectivity index (χ3v) is 4.46. The Labute approximate surface area is 184 Å². The van der Waals surface area contributed by atoms with E-state index >= 15 is 0 Å². The molecule has 0 fully saturated rings. The van der Waals surface area contributed by atoms with E-state index in [2.05, 4.69) is 52.0 Å². The van der Waals surface area contributed by atoms with Crippen molar-refractivity contribution in [3.63, 3.8) is 0 Å². The number of unbranched alkanes of at least 4 members (excludes halogenated alkanes) is 5. The third-order valence-electron chi connectivity index (χ3n) is 4.46. The van der Waals surface area contributed by atoms with Gasteiger partial charge in [0.25, 0.3) is 0 Å². The van der Waals surface area contributed by atoms with Crippen LogP contribution in [0.1, 0.15) is 80.1 Å². The quantitative estimate of drug-likeness (QED) is 0.128. The predicted octanol–water partition coefficient (Wildman–Crippen LogP) is 6.73. The second kappa shape index (κ2) is 15.7. The first kappa shape index (κ1) is 27.9. The molecule has 0 amide bonds. The van der Waals surface area contributed by atoms with Gasteiger partial charge in [-0.05, 0) is 39.5 Å². The minimum atomic E-state index is -0.286. The maximum Gasteiger partial charge on any atom is 0.330 e. The first-order valence-electron chi connectivity index (χ1n) is 11.2. The molecule has 170 valence electrons. The van der Waals surface area contributed by atoms with Crippen molar-refractivity contribution in [2.24, 2.45) is 10.8 Å². The molecule has 0 rings (SSSR count). The maximum absolute atomic E-state index is 11.4. The zero-order chi connectivity index (χ0) is 22.9. The van der Waals surface area contributed by atoms with Crippen LogP contribution < -0.4 is 0 Å². The highest BCUT2D eigenvalue weighted by molar-refractivity contribution is 5.82. The molecular weight excluding hydrogens is 376 g/mol. The average Bonchev–Trinajstić information content (AvgIpc) is 2.67. The van der Waals surface area contributed by atoms with E-state index < -0.39 is 0 Å². The van der Waals surface area contributed by atoms with E-state index in [1.807, 2.05) is 12.2 Å². The van der Waals surface area contributed by atoms with E-state index in [0.29, 0.717) is 13.2 Å². The molecule has 0 radical (unpaired) electrons. The van der Waals surface area contributed by atoms with E-state index in [9.17, 15) is 9.59 Å². The number of ether oxygens (including phenoxy) is 2. The molecule has 0 bridgehead atoms. The smallest absolute Gasteiger partial charge is 0.330 e. The van der Waals surface area contributed by atoms with Gasteiger partial charge in [0, 0.05) is 23.0 Å². The Hall–Kier alpha value is -2.10. The van der Waals surface area contributed by atoms with Crippen molar-refractivity contribution in [1.82, 2.24) is 0 Å². The Morgan fingerprint density at radius 2 is 1.00 bits per heavy atom. The molecule has 0 N–H and O–H groups in total. The predicted molar refractivity (Wildman–Crippen MR) is 125 cm³/mol. The van der Waals surface area contributed by atoms with Crippen LogP contribution in [0.15, 0.2) is 48.6 Å². The fourth-order valence-electron chi connectivity index (χ4n) is 2.71. The Morgan fingerprint density at radius 1 is 0.633 bits per heavy atom. The summed E-state index contributed by atoms with van der Waals surface area (Å²) in [5, 5.41) is 0. The van der Waals surface area contributed by atoms with Crippen molar-refractivity contribution in [3.05, 3.63) is 48.6 Å². The van der Waals surface area contributed by atoms with E-state index in [4.69, 9.17) is 9.47 Å². The fourth-order valence-corrected chi connectivity index (χ4v) is 2.71. The fraction of sp³-hybridized carbons (Fsp3) is 0.615. The molecule has 0 aromatic rings. The lowest BCUT2D eigenvalue weighted by Crippen LogP contribution is -2.06. The molecule has 4 nitrogen and oxygen atoms in total. The Bertz CT molecular complexity index is 553. The van der Waals surface area contributed by atoms with E-state index in [1.165, 1.54) is 37.8 Å². The van der Waals surface area contributed by atoms with Crippen LogP contribution in [-0.4, -0.2) is 25.2 Å². The molecule has 0 aliphatic heterocycles. The van der Waals surface area contributed by atoms with Gasteiger partial charge in [0.2, 0.25) is 0 Å². The summed E-state index contributed by atoms with van der Waals surface area (Å²) in [6.07, 6.45) is 22.4. The highest BCUT2D eigenvalue weighted by atomic mass is 16.5. The van der Waals surface area contributed by atoms with Crippen LogP contribution in [0.2, 0.25) is 0 Å². The summed E-state index contributed by atoms with van der Waals surface area (Å²) in [5.41, 5.74) is -0.293. The minimum absolute atomic E-state index is 0.147. The summed E-state index contributed by atoms with van der Waals surface area (Å²) < 4.78 is 9.82. The van der Waals surface area contributed by atoms with Crippen LogP contribution in [-0.2, 0) is 19.1 Å². The highest BCUT2D eigenvalue weighted by Gasteiger charge is 2.10. The topological polar surface area (TPSA) is 52.6 Å². The monoisotopic (exact) mass is 418 g/mol. The lowest BCUT2D eigenvalue weighted by atomic mass is 9.91. The first-order chi connectivity index (χ1) is 14.1. The van der Waals surface area contributed by atoms with Crippen molar-refractivity contribution in [2.45, 2.75) is 80.1 Å². The summed E-state index contributed by atoms with van der Waals surface area (Å²) in [6, 6.07) is 0. The molecule has 0 atom stereocenters. The molecule has 0 aromatic carbocycles. The maximum atomic E-state index is 11.4. The van der Waals surface area contributed by atoms with Crippen LogP contribution in [0.3, 0.4) is 0 Å². The van der Waals surface area contributed by atoms with Crippen LogP contribution in [0.4, 0.5) is 0 Å². The van der Waals surface area contributed by atoms with Gasteiger partial charge >= 0.3 is 11.9 Å². The number of carbonyl (C=O) groups excluding carboxylic acids is 2. The number of rotatable bonds is 15. The molecule has 30 heavy (non-hydrogen) atoms. The van der Waals surface area contributed by atoms with Gasteiger partial charge in [-0.25, -0.2) is 9.59 Å². The molecule has 0 saturated carbocycles. The Kier molecular flexibility index (Phi) is 14.6. The zero-order valence-electron chi connectivity index (χ0n) is 19.9. The zero-order valence-corrected chi connectivity index (χ0v) is 19.9. The summed E-state index contributed by atoms with van der Waals surface area (Å²) >= 11 is 0. The van der Waals surface area contributed by atoms with Gasteiger partial charge in [-0.2, -0.15) is 0 Å². The standard InChI is InChI=1S/C26H42O4/c1-7-29-23(27)17-21-25(3,4)19-15-13-11-9-10-12-14-16-20-26(5,6)22-18-24(28)30-8-2/h15-22H,7-14H2,1-6H3/b19-15+,20-16+,21-17+,22-18+. The first-order valence-corrected chi connectivity index (χ1v) is 11.2. The largest absolute Gasteiger partial charge is 0.463 e. The van der Waals surface area contributed by atoms with Crippen molar-refractivity contribution in [2.75, 3.05) is 13.2 Å². The van der Waals surface area contributed by atoms with Gasteiger partial charge in [0.15, 0.2) is 0 Å². The molecule has 0 aliphatic rings. The summed E-state index contributed by atoms with van der Waals surface area (Å²) in [5.74, 6) is -0.571. The number of esters is 2. The summed E-state index contributed by atoms with van der Waals surface area (Å²) in [4.78, 5) is 22.8. The highest BCUT2D eigenvalue weighted by Crippen LogP contribution is 2.21. The Morgan fingerprint density at radius 3 is 1.33 bits per heavy atom. The van der Waals surface area contributed by atoms with E-state index in [-0.39, 0.29) is 22.8 Å². The normalized spacial score (nSPS) is 13.1. The lowest BCUT2D eigenvalue weighted by molar-refractivity contribution is -0.138. The number of hydrogen-bond donors (Lipinski definition) is 0. The second-order valence-corrected chi connectivity index (χ2v) is 8.61.